The minimum absolute atomic E-state index is 0.156. The van der Waals surface area contributed by atoms with E-state index >= 15 is 0 Å². The maximum atomic E-state index is 11.5. The van der Waals surface area contributed by atoms with Crippen LogP contribution < -0.4 is 15.5 Å². The smallest absolute Gasteiger partial charge is 0.319 e. The molecule has 1 aromatic rings. The van der Waals surface area contributed by atoms with Crippen LogP contribution in [0.4, 0.5) is 16.2 Å². The number of anilines is 2. The average molecular weight is 265 g/mol. The van der Waals surface area contributed by atoms with Gasteiger partial charge < -0.3 is 20.3 Å². The highest BCUT2D eigenvalue weighted by molar-refractivity contribution is 5.89. The molecule has 104 valence electrons. The van der Waals surface area contributed by atoms with Gasteiger partial charge in [0.2, 0.25) is 0 Å². The van der Waals surface area contributed by atoms with E-state index in [9.17, 15) is 9.59 Å². The van der Waals surface area contributed by atoms with Crippen molar-refractivity contribution in [2.75, 3.05) is 38.0 Å². The number of amides is 2. The van der Waals surface area contributed by atoms with Crippen LogP contribution in [0.15, 0.2) is 24.3 Å². The fourth-order valence-corrected chi connectivity index (χ4v) is 1.40. The summed E-state index contributed by atoms with van der Waals surface area (Å²) in [7, 11) is 5.21. The lowest BCUT2D eigenvalue weighted by Gasteiger charge is -2.13. The van der Waals surface area contributed by atoms with Gasteiger partial charge in [-0.25, -0.2) is 4.79 Å². The minimum Gasteiger partial charge on any atom is -0.469 e. The Morgan fingerprint density at radius 3 is 2.37 bits per heavy atom. The van der Waals surface area contributed by atoms with Crippen LogP contribution >= 0.6 is 0 Å². The standard InChI is InChI=1S/C13H19N3O3/c1-16(2)11-6-4-10(5-7-11)15-13(18)14-9-8-12(17)19-3/h4-7H,8-9H2,1-3H3,(H2,14,15,18). The lowest BCUT2D eigenvalue weighted by Crippen LogP contribution is -2.30. The number of methoxy groups -OCH3 is 1. The van der Waals surface area contributed by atoms with Gasteiger partial charge in [-0.2, -0.15) is 0 Å². The molecule has 0 spiro atoms. The number of rotatable bonds is 5. The van der Waals surface area contributed by atoms with E-state index in [4.69, 9.17) is 0 Å². The summed E-state index contributed by atoms with van der Waals surface area (Å²) >= 11 is 0. The third kappa shape index (κ3) is 5.29. The highest BCUT2D eigenvalue weighted by atomic mass is 16.5. The van der Waals surface area contributed by atoms with E-state index < -0.39 is 0 Å². The van der Waals surface area contributed by atoms with Crippen molar-refractivity contribution >= 4 is 23.4 Å². The van der Waals surface area contributed by atoms with Crippen LogP contribution in [0.2, 0.25) is 0 Å². The molecule has 0 heterocycles. The Hall–Kier alpha value is -2.24. The lowest BCUT2D eigenvalue weighted by molar-refractivity contribution is -0.140. The number of urea groups is 1. The Morgan fingerprint density at radius 2 is 1.84 bits per heavy atom. The number of esters is 1. The van der Waals surface area contributed by atoms with Crippen LogP contribution in [-0.4, -0.2) is 39.8 Å². The highest BCUT2D eigenvalue weighted by Gasteiger charge is 2.04. The fourth-order valence-electron chi connectivity index (χ4n) is 1.40. The third-order valence-corrected chi connectivity index (χ3v) is 2.48. The zero-order chi connectivity index (χ0) is 14.3. The molecule has 0 aromatic heterocycles. The summed E-state index contributed by atoms with van der Waals surface area (Å²) < 4.78 is 4.47. The molecule has 0 atom stereocenters. The van der Waals surface area contributed by atoms with Gasteiger partial charge in [-0.1, -0.05) is 0 Å². The summed E-state index contributed by atoms with van der Waals surface area (Å²) in [4.78, 5) is 24.3. The van der Waals surface area contributed by atoms with Gasteiger partial charge in [0, 0.05) is 32.0 Å². The van der Waals surface area contributed by atoms with E-state index in [1.54, 1.807) is 0 Å². The van der Waals surface area contributed by atoms with Crippen molar-refractivity contribution < 1.29 is 14.3 Å². The predicted molar refractivity (Wildman–Crippen MR) is 74.4 cm³/mol. The van der Waals surface area contributed by atoms with E-state index in [1.807, 2.05) is 43.3 Å². The summed E-state index contributed by atoms with van der Waals surface area (Å²) in [6.45, 7) is 0.244. The molecule has 0 saturated heterocycles. The summed E-state index contributed by atoms with van der Waals surface area (Å²) in [5.41, 5.74) is 1.75. The van der Waals surface area contributed by atoms with Gasteiger partial charge in [-0.05, 0) is 24.3 Å². The van der Waals surface area contributed by atoms with Crippen molar-refractivity contribution in [2.24, 2.45) is 0 Å². The maximum absolute atomic E-state index is 11.5. The number of benzene rings is 1. The van der Waals surface area contributed by atoms with Crippen molar-refractivity contribution in [3.05, 3.63) is 24.3 Å². The molecule has 0 aliphatic rings. The van der Waals surface area contributed by atoms with Crippen LogP contribution in [0.25, 0.3) is 0 Å². The van der Waals surface area contributed by atoms with Crippen LogP contribution in [-0.2, 0) is 9.53 Å². The zero-order valence-electron chi connectivity index (χ0n) is 11.4. The SMILES string of the molecule is COC(=O)CCNC(=O)Nc1ccc(N(C)C)cc1. The van der Waals surface area contributed by atoms with E-state index in [2.05, 4.69) is 15.4 Å². The van der Waals surface area contributed by atoms with Crippen LogP contribution in [0.5, 0.6) is 0 Å². The first-order valence-electron chi connectivity index (χ1n) is 5.92. The largest absolute Gasteiger partial charge is 0.469 e. The minimum atomic E-state index is -0.351. The Bertz CT molecular complexity index is 429. The molecule has 6 nitrogen and oxygen atoms in total. The number of carbonyl (C=O) groups excluding carboxylic acids is 2. The first-order valence-corrected chi connectivity index (χ1v) is 5.92. The molecule has 0 aliphatic heterocycles. The molecule has 2 N–H and O–H groups in total. The molecule has 2 amide bonds. The van der Waals surface area contributed by atoms with Crippen LogP contribution in [0.3, 0.4) is 0 Å². The summed E-state index contributed by atoms with van der Waals surface area (Å²) in [5, 5.41) is 5.25. The number of nitrogens with zero attached hydrogens (tertiary/aromatic N) is 1. The second kappa shape index (κ2) is 7.25. The molecule has 1 aromatic carbocycles. The first kappa shape index (κ1) is 14.8. The monoisotopic (exact) mass is 265 g/mol. The third-order valence-electron chi connectivity index (χ3n) is 2.48. The van der Waals surface area contributed by atoms with Gasteiger partial charge in [0.25, 0.3) is 0 Å². The van der Waals surface area contributed by atoms with Gasteiger partial charge in [-0.15, -0.1) is 0 Å². The molecule has 6 heteroatoms. The van der Waals surface area contributed by atoms with Crippen LogP contribution in [0, 0.1) is 0 Å². The van der Waals surface area contributed by atoms with Gasteiger partial charge in [0.1, 0.15) is 0 Å². The molecule has 0 saturated carbocycles. The van der Waals surface area contributed by atoms with Crippen molar-refractivity contribution in [3.8, 4) is 0 Å². The number of hydrogen-bond acceptors (Lipinski definition) is 4. The van der Waals surface area contributed by atoms with E-state index in [-0.39, 0.29) is 25.0 Å². The number of carbonyl (C=O) groups is 2. The number of hydrogen-bond donors (Lipinski definition) is 2. The lowest BCUT2D eigenvalue weighted by atomic mass is 10.2. The molecule has 0 unspecified atom stereocenters. The van der Waals surface area contributed by atoms with Gasteiger partial charge >= 0.3 is 12.0 Å². The topological polar surface area (TPSA) is 70.7 Å². The fraction of sp³-hybridized carbons (Fsp3) is 0.385. The van der Waals surface area contributed by atoms with Crippen molar-refractivity contribution in [3.63, 3.8) is 0 Å². The second-order valence-corrected chi connectivity index (χ2v) is 4.15. The van der Waals surface area contributed by atoms with Crippen LogP contribution in [0.1, 0.15) is 6.42 Å². The first-order chi connectivity index (χ1) is 9.02. The van der Waals surface area contributed by atoms with E-state index in [0.29, 0.717) is 5.69 Å². The molecule has 1 rings (SSSR count). The molecule has 0 radical (unpaired) electrons. The van der Waals surface area contributed by atoms with Gasteiger partial charge in [-0.3, -0.25) is 4.79 Å². The molecule has 0 aliphatic carbocycles. The summed E-state index contributed by atoms with van der Waals surface area (Å²) in [6.07, 6.45) is 0.156. The normalized spacial score (nSPS) is 9.63. The van der Waals surface area contributed by atoms with Gasteiger partial charge in [0.05, 0.1) is 13.5 Å². The van der Waals surface area contributed by atoms with Crippen molar-refractivity contribution in [1.29, 1.82) is 0 Å². The molecular weight excluding hydrogens is 246 g/mol. The number of ether oxygens (including phenoxy) is 1. The predicted octanol–water partition coefficient (Wildman–Crippen LogP) is 1.44. The Labute approximate surface area is 112 Å². The van der Waals surface area contributed by atoms with Gasteiger partial charge in [0.15, 0.2) is 0 Å². The summed E-state index contributed by atoms with van der Waals surface area (Å²) in [5.74, 6) is -0.351. The quantitative estimate of drug-likeness (QED) is 0.790. The molecule has 19 heavy (non-hydrogen) atoms. The highest BCUT2D eigenvalue weighted by Crippen LogP contribution is 2.15. The summed E-state index contributed by atoms with van der Waals surface area (Å²) in [6, 6.07) is 7.10. The Kier molecular flexibility index (Phi) is 5.66. The molecule has 0 fully saturated rings. The number of nitrogens with one attached hydrogen (secondary N) is 2. The average Bonchev–Trinajstić information content (AvgIpc) is 2.39. The second-order valence-electron chi connectivity index (χ2n) is 4.15. The Morgan fingerprint density at radius 1 is 1.21 bits per heavy atom. The maximum Gasteiger partial charge on any atom is 0.319 e. The molecular formula is C13H19N3O3. The molecule has 0 bridgehead atoms. The zero-order valence-corrected chi connectivity index (χ0v) is 11.4. The van der Waals surface area contributed by atoms with E-state index in [0.717, 1.165) is 5.69 Å². The van der Waals surface area contributed by atoms with Crippen molar-refractivity contribution in [1.82, 2.24) is 5.32 Å². The Balaban J connectivity index is 2.38. The van der Waals surface area contributed by atoms with Crippen molar-refractivity contribution in [2.45, 2.75) is 6.42 Å². The van der Waals surface area contributed by atoms with E-state index in [1.165, 1.54) is 7.11 Å².